The molecule has 0 amide bonds. The summed E-state index contributed by atoms with van der Waals surface area (Å²) in [4.78, 5) is 24.9. The molecule has 126 valence electrons. The van der Waals surface area contributed by atoms with Crippen LogP contribution in [0, 0.1) is 16.0 Å². The van der Waals surface area contributed by atoms with Crippen LogP contribution in [0.4, 0.5) is 11.4 Å². The van der Waals surface area contributed by atoms with Gasteiger partial charge in [-0.15, -0.1) is 0 Å². The van der Waals surface area contributed by atoms with E-state index < -0.39 is 10.5 Å². The molecule has 1 aliphatic rings. The number of halogens is 1. The average molecular weight is 349 g/mol. The summed E-state index contributed by atoms with van der Waals surface area (Å²) in [5.41, 5.74) is 0.586. The summed E-state index contributed by atoms with van der Waals surface area (Å²) in [6.45, 7) is 5.12. The highest BCUT2D eigenvalue weighted by Gasteiger charge is 2.30. The highest BCUT2D eigenvalue weighted by molar-refractivity contribution is 6.33. The zero-order chi connectivity index (χ0) is 17.4. The maximum Gasteiger partial charge on any atom is 0.292 e. The number of benzene rings is 1. The van der Waals surface area contributed by atoms with Crippen LogP contribution in [-0.2, 0) is 0 Å². The lowest BCUT2D eigenvalue weighted by Crippen LogP contribution is -2.32. The SMILES string of the molecule is CC1CCN(c2cnn(-c3ccc([N+](=O)[O-])cc3)c(=O)c2Cl)C1C. The van der Waals surface area contributed by atoms with Gasteiger partial charge in [0.1, 0.15) is 5.02 Å². The number of hydrogen-bond acceptors (Lipinski definition) is 5. The van der Waals surface area contributed by atoms with Gasteiger partial charge in [-0.25, -0.2) is 0 Å². The van der Waals surface area contributed by atoms with E-state index in [1.165, 1.54) is 24.3 Å². The summed E-state index contributed by atoms with van der Waals surface area (Å²) < 4.78 is 1.15. The Hall–Kier alpha value is -2.41. The maximum atomic E-state index is 12.6. The molecular formula is C16H17ClN4O3. The zero-order valence-electron chi connectivity index (χ0n) is 13.3. The number of hydrogen-bond donors (Lipinski definition) is 0. The van der Waals surface area contributed by atoms with Crippen molar-refractivity contribution >= 4 is 23.0 Å². The Bertz CT molecular complexity index is 834. The molecule has 2 unspecified atom stereocenters. The molecule has 1 aliphatic heterocycles. The lowest BCUT2D eigenvalue weighted by atomic mass is 10.1. The standard InChI is InChI=1S/C16H17ClN4O3/c1-10-7-8-19(11(10)2)14-9-18-20(16(22)15(14)17)12-3-5-13(6-4-12)21(23)24/h3-6,9-11H,7-8H2,1-2H3. The van der Waals surface area contributed by atoms with Crippen molar-refractivity contribution in [2.75, 3.05) is 11.4 Å². The Labute approximate surface area is 143 Å². The van der Waals surface area contributed by atoms with Gasteiger partial charge in [-0.05, 0) is 31.4 Å². The monoisotopic (exact) mass is 348 g/mol. The Morgan fingerprint density at radius 3 is 2.50 bits per heavy atom. The predicted molar refractivity (Wildman–Crippen MR) is 92.1 cm³/mol. The molecule has 7 nitrogen and oxygen atoms in total. The van der Waals surface area contributed by atoms with E-state index in [-0.39, 0.29) is 10.7 Å². The molecule has 2 heterocycles. The second-order valence-corrected chi connectivity index (χ2v) is 6.41. The van der Waals surface area contributed by atoms with Gasteiger partial charge in [0.05, 0.1) is 22.5 Å². The Morgan fingerprint density at radius 1 is 1.29 bits per heavy atom. The van der Waals surface area contributed by atoms with Gasteiger partial charge in [0, 0.05) is 24.7 Å². The fourth-order valence-corrected chi connectivity index (χ4v) is 3.20. The molecule has 1 saturated heterocycles. The molecule has 2 aromatic rings. The van der Waals surface area contributed by atoms with Crippen LogP contribution in [0.5, 0.6) is 0 Å². The first kappa shape index (κ1) is 16.4. The topological polar surface area (TPSA) is 81.3 Å². The van der Waals surface area contributed by atoms with Gasteiger partial charge in [-0.2, -0.15) is 9.78 Å². The van der Waals surface area contributed by atoms with Crippen molar-refractivity contribution in [2.24, 2.45) is 5.92 Å². The van der Waals surface area contributed by atoms with E-state index in [0.717, 1.165) is 17.6 Å². The molecule has 0 bridgehead atoms. The fourth-order valence-electron chi connectivity index (χ4n) is 2.96. The lowest BCUT2D eigenvalue weighted by Gasteiger charge is -2.26. The molecule has 1 aromatic carbocycles. The third kappa shape index (κ3) is 2.75. The Morgan fingerprint density at radius 2 is 1.96 bits per heavy atom. The molecule has 24 heavy (non-hydrogen) atoms. The Kier molecular flexibility index (Phi) is 4.28. The molecule has 8 heteroatoms. The van der Waals surface area contributed by atoms with Gasteiger partial charge in [-0.3, -0.25) is 14.9 Å². The van der Waals surface area contributed by atoms with Gasteiger partial charge >= 0.3 is 0 Å². The van der Waals surface area contributed by atoms with E-state index in [1.54, 1.807) is 6.20 Å². The van der Waals surface area contributed by atoms with Gasteiger partial charge < -0.3 is 4.90 Å². The molecule has 0 spiro atoms. The normalized spacial score (nSPS) is 20.4. The minimum atomic E-state index is -0.494. The number of nitrogens with zero attached hydrogens (tertiary/aromatic N) is 4. The summed E-state index contributed by atoms with van der Waals surface area (Å²) in [6.07, 6.45) is 2.63. The van der Waals surface area contributed by atoms with Gasteiger partial charge in [0.15, 0.2) is 0 Å². The minimum Gasteiger partial charge on any atom is -0.366 e. The number of nitro benzene ring substituents is 1. The molecule has 0 saturated carbocycles. The van der Waals surface area contributed by atoms with Crippen molar-refractivity contribution in [3.63, 3.8) is 0 Å². The van der Waals surface area contributed by atoms with Gasteiger partial charge in [0.2, 0.25) is 0 Å². The van der Waals surface area contributed by atoms with E-state index >= 15 is 0 Å². The summed E-state index contributed by atoms with van der Waals surface area (Å²) >= 11 is 6.30. The largest absolute Gasteiger partial charge is 0.366 e. The van der Waals surface area contributed by atoms with E-state index in [1.807, 2.05) is 0 Å². The predicted octanol–water partition coefficient (Wildman–Crippen LogP) is 3.03. The molecule has 0 aliphatic carbocycles. The molecule has 1 fully saturated rings. The van der Waals surface area contributed by atoms with Gasteiger partial charge in [0.25, 0.3) is 11.2 Å². The average Bonchev–Trinajstić information content (AvgIpc) is 2.90. The van der Waals surface area contributed by atoms with Crippen molar-refractivity contribution in [3.05, 3.63) is 56.0 Å². The van der Waals surface area contributed by atoms with E-state index in [9.17, 15) is 14.9 Å². The smallest absolute Gasteiger partial charge is 0.292 e. The maximum absolute atomic E-state index is 12.6. The van der Waals surface area contributed by atoms with Crippen LogP contribution in [0.3, 0.4) is 0 Å². The zero-order valence-corrected chi connectivity index (χ0v) is 14.1. The van der Waals surface area contributed by atoms with E-state index in [4.69, 9.17) is 11.6 Å². The van der Waals surface area contributed by atoms with Crippen molar-refractivity contribution in [2.45, 2.75) is 26.3 Å². The third-order valence-electron chi connectivity index (χ3n) is 4.66. The Balaban J connectivity index is 1.99. The molecule has 1 aromatic heterocycles. The van der Waals surface area contributed by atoms with Gasteiger partial charge in [-0.1, -0.05) is 18.5 Å². The first-order valence-corrected chi connectivity index (χ1v) is 8.07. The van der Waals surface area contributed by atoms with Crippen molar-refractivity contribution < 1.29 is 4.92 Å². The van der Waals surface area contributed by atoms with Crippen LogP contribution in [-0.4, -0.2) is 27.3 Å². The number of rotatable bonds is 3. The second kappa shape index (κ2) is 6.24. The van der Waals surface area contributed by atoms with E-state index in [2.05, 4.69) is 23.8 Å². The fraction of sp³-hybridized carbons (Fsp3) is 0.375. The number of anilines is 1. The van der Waals surface area contributed by atoms with Crippen molar-refractivity contribution in [3.8, 4) is 5.69 Å². The number of aromatic nitrogens is 2. The minimum absolute atomic E-state index is 0.0469. The third-order valence-corrected chi connectivity index (χ3v) is 5.01. The molecular weight excluding hydrogens is 332 g/mol. The van der Waals surface area contributed by atoms with Crippen LogP contribution in [0.2, 0.25) is 5.02 Å². The first-order chi connectivity index (χ1) is 11.4. The van der Waals surface area contributed by atoms with Crippen molar-refractivity contribution in [1.82, 2.24) is 9.78 Å². The summed E-state index contributed by atoms with van der Waals surface area (Å²) in [6, 6.07) is 5.90. The van der Waals surface area contributed by atoms with Crippen LogP contribution in [0.1, 0.15) is 20.3 Å². The highest BCUT2D eigenvalue weighted by Crippen LogP contribution is 2.32. The van der Waals surface area contributed by atoms with Crippen LogP contribution in [0.25, 0.3) is 5.69 Å². The summed E-state index contributed by atoms with van der Waals surface area (Å²) in [7, 11) is 0. The summed E-state index contributed by atoms with van der Waals surface area (Å²) in [5, 5.41) is 15.0. The second-order valence-electron chi connectivity index (χ2n) is 6.03. The summed E-state index contributed by atoms with van der Waals surface area (Å²) in [5.74, 6) is 0.526. The van der Waals surface area contributed by atoms with Crippen LogP contribution < -0.4 is 10.5 Å². The lowest BCUT2D eigenvalue weighted by molar-refractivity contribution is -0.384. The molecule has 3 rings (SSSR count). The van der Waals surface area contributed by atoms with Crippen LogP contribution >= 0.6 is 11.6 Å². The number of non-ortho nitro benzene ring substituents is 1. The molecule has 0 radical (unpaired) electrons. The molecule has 2 atom stereocenters. The van der Waals surface area contributed by atoms with Crippen LogP contribution in [0.15, 0.2) is 35.3 Å². The van der Waals surface area contributed by atoms with Crippen molar-refractivity contribution in [1.29, 1.82) is 0 Å². The van der Waals surface area contributed by atoms with E-state index in [0.29, 0.717) is 23.3 Å². The first-order valence-electron chi connectivity index (χ1n) is 7.69. The molecule has 0 N–H and O–H groups in total. The quantitative estimate of drug-likeness (QED) is 0.629. The highest BCUT2D eigenvalue weighted by atomic mass is 35.5. The number of nitro groups is 1.